The van der Waals surface area contributed by atoms with Crippen LogP contribution in [0, 0.1) is 5.82 Å². The summed E-state index contributed by atoms with van der Waals surface area (Å²) >= 11 is 1.01. The number of nitrogens with zero attached hydrogens (tertiary/aromatic N) is 3. The lowest BCUT2D eigenvalue weighted by Crippen LogP contribution is -2.39. The van der Waals surface area contributed by atoms with Crippen LogP contribution in [0.15, 0.2) is 42.6 Å². The first-order valence-corrected chi connectivity index (χ1v) is 9.28. The van der Waals surface area contributed by atoms with Crippen LogP contribution in [0.5, 0.6) is 5.88 Å². The Balaban J connectivity index is 2.03. The highest BCUT2D eigenvalue weighted by molar-refractivity contribution is 7.18. The summed E-state index contributed by atoms with van der Waals surface area (Å²) in [6, 6.07) is 7.70. The van der Waals surface area contributed by atoms with Crippen molar-refractivity contribution in [3.05, 3.63) is 58.9 Å². The number of thiazole rings is 1. The van der Waals surface area contributed by atoms with E-state index in [9.17, 15) is 14.0 Å². The number of carbonyl (C=O) groups is 2. The topological polar surface area (TPSA) is 124 Å². The summed E-state index contributed by atoms with van der Waals surface area (Å²) in [6.45, 7) is 1.58. The molecule has 8 nitrogen and oxygen atoms in total. The number of carbonyl (C=O) groups excluding carboxylic acids is 2. The maximum Gasteiger partial charge on any atom is 0.240 e. The third kappa shape index (κ3) is 4.16. The van der Waals surface area contributed by atoms with Crippen LogP contribution in [-0.2, 0) is 4.79 Å². The predicted octanol–water partition coefficient (Wildman–Crippen LogP) is 2.51. The fourth-order valence-electron chi connectivity index (χ4n) is 2.61. The maximum atomic E-state index is 13.3. The lowest BCUT2D eigenvalue weighted by molar-refractivity contribution is -0.118. The molecule has 0 aliphatic carbocycles. The van der Waals surface area contributed by atoms with Crippen molar-refractivity contribution in [2.75, 3.05) is 17.7 Å². The molecule has 1 amide bonds. The molecule has 10 heteroatoms. The number of hydrogen-bond donors (Lipinski definition) is 2. The Morgan fingerprint density at radius 1 is 1.24 bits per heavy atom. The van der Waals surface area contributed by atoms with Crippen LogP contribution in [0.1, 0.15) is 22.2 Å². The van der Waals surface area contributed by atoms with Crippen LogP contribution in [0.25, 0.3) is 0 Å². The van der Waals surface area contributed by atoms with E-state index >= 15 is 0 Å². The molecule has 29 heavy (non-hydrogen) atoms. The molecular weight excluding hydrogens is 397 g/mol. The van der Waals surface area contributed by atoms with E-state index in [1.807, 2.05) is 0 Å². The molecule has 2 heterocycles. The fourth-order valence-corrected chi connectivity index (χ4v) is 3.66. The first kappa shape index (κ1) is 20.2. The number of ether oxygens (including phenoxy) is 1. The van der Waals surface area contributed by atoms with Crippen LogP contribution >= 0.6 is 11.3 Å². The summed E-state index contributed by atoms with van der Waals surface area (Å²) in [7, 11) is 1.45. The van der Waals surface area contributed by atoms with Gasteiger partial charge < -0.3 is 21.1 Å². The molecule has 0 radical (unpaired) electrons. The second kappa shape index (κ2) is 8.23. The third-order valence-corrected chi connectivity index (χ3v) is 5.23. The summed E-state index contributed by atoms with van der Waals surface area (Å²) in [6.07, 6.45) is 1.45. The highest BCUT2D eigenvalue weighted by atomic mass is 32.1. The first-order chi connectivity index (χ1) is 13.8. The van der Waals surface area contributed by atoms with Gasteiger partial charge in [0.25, 0.3) is 0 Å². The van der Waals surface area contributed by atoms with Crippen molar-refractivity contribution < 1.29 is 18.7 Å². The van der Waals surface area contributed by atoms with E-state index in [2.05, 4.69) is 9.97 Å². The average Bonchev–Trinajstić information content (AvgIpc) is 3.10. The van der Waals surface area contributed by atoms with Crippen LogP contribution < -0.4 is 21.1 Å². The molecule has 1 atom stereocenters. The molecule has 0 aliphatic heterocycles. The third-order valence-electron chi connectivity index (χ3n) is 4.16. The number of rotatable bonds is 7. The summed E-state index contributed by atoms with van der Waals surface area (Å²) in [4.78, 5) is 34.7. The van der Waals surface area contributed by atoms with Gasteiger partial charge in [0.15, 0.2) is 5.13 Å². The van der Waals surface area contributed by atoms with Gasteiger partial charge in [-0.05, 0) is 37.3 Å². The van der Waals surface area contributed by atoms with Crippen molar-refractivity contribution in [1.82, 2.24) is 9.97 Å². The highest BCUT2D eigenvalue weighted by Crippen LogP contribution is 2.36. The number of pyridine rings is 1. The van der Waals surface area contributed by atoms with Gasteiger partial charge in [0, 0.05) is 23.5 Å². The fraction of sp³-hybridized carbons (Fsp3) is 0.158. The minimum absolute atomic E-state index is 0.00885. The van der Waals surface area contributed by atoms with Gasteiger partial charge in [-0.3, -0.25) is 9.59 Å². The van der Waals surface area contributed by atoms with Gasteiger partial charge >= 0.3 is 0 Å². The molecule has 0 spiro atoms. The molecule has 2 aromatic heterocycles. The Kier molecular flexibility index (Phi) is 5.74. The molecular formula is C19H18FN5O3S. The zero-order chi connectivity index (χ0) is 21.1. The van der Waals surface area contributed by atoms with Crippen LogP contribution in [0.2, 0.25) is 0 Å². The molecule has 1 aromatic carbocycles. The van der Waals surface area contributed by atoms with E-state index in [-0.39, 0.29) is 27.5 Å². The largest absolute Gasteiger partial charge is 0.481 e. The van der Waals surface area contributed by atoms with Crippen molar-refractivity contribution in [3.63, 3.8) is 0 Å². The summed E-state index contributed by atoms with van der Waals surface area (Å²) in [5.74, 6) is -1.11. The number of nitrogens with two attached hydrogens (primary N) is 2. The molecule has 0 fully saturated rings. The molecule has 1 unspecified atom stereocenters. The Morgan fingerprint density at radius 2 is 1.93 bits per heavy atom. The van der Waals surface area contributed by atoms with Crippen molar-refractivity contribution in [1.29, 1.82) is 0 Å². The van der Waals surface area contributed by atoms with E-state index in [1.165, 1.54) is 54.6 Å². The number of anilines is 3. The molecule has 3 rings (SSSR count). The Hall–Kier alpha value is -3.53. The minimum atomic E-state index is -0.810. The summed E-state index contributed by atoms with van der Waals surface area (Å²) in [5, 5.41) is 0.282. The van der Waals surface area contributed by atoms with Gasteiger partial charge in [-0.2, -0.15) is 0 Å². The maximum absolute atomic E-state index is 13.3. The van der Waals surface area contributed by atoms with E-state index in [0.717, 1.165) is 11.3 Å². The molecule has 0 saturated carbocycles. The normalized spacial score (nSPS) is 11.7. The molecule has 4 N–H and O–H groups in total. The van der Waals surface area contributed by atoms with Gasteiger partial charge in [0.05, 0.1) is 7.11 Å². The summed E-state index contributed by atoms with van der Waals surface area (Å²) < 4.78 is 18.4. The van der Waals surface area contributed by atoms with Gasteiger partial charge in [0.1, 0.15) is 22.6 Å². The van der Waals surface area contributed by atoms with Gasteiger partial charge in [-0.1, -0.05) is 11.3 Å². The molecule has 0 aliphatic rings. The van der Waals surface area contributed by atoms with E-state index in [0.29, 0.717) is 11.3 Å². The van der Waals surface area contributed by atoms with E-state index in [4.69, 9.17) is 16.2 Å². The monoisotopic (exact) mass is 415 g/mol. The van der Waals surface area contributed by atoms with Crippen molar-refractivity contribution in [3.8, 4) is 5.88 Å². The zero-order valence-corrected chi connectivity index (χ0v) is 16.4. The lowest BCUT2D eigenvalue weighted by Gasteiger charge is -2.26. The number of nitrogen functional groups attached to an aromatic ring is 1. The number of hydrogen-bond acceptors (Lipinski definition) is 8. The SMILES string of the molecule is COc1cc(C(=O)c2sc(N(c3ccc(F)cc3)C(C)C(N)=O)nc2N)ccn1. The van der Waals surface area contributed by atoms with Crippen LogP contribution in [0.3, 0.4) is 0 Å². The van der Waals surface area contributed by atoms with E-state index in [1.54, 1.807) is 6.92 Å². The van der Waals surface area contributed by atoms with Crippen molar-refractivity contribution in [2.24, 2.45) is 5.73 Å². The first-order valence-electron chi connectivity index (χ1n) is 8.47. The Labute approximate surface area is 169 Å². The molecule has 0 bridgehead atoms. The number of aromatic nitrogens is 2. The number of benzene rings is 1. The quantitative estimate of drug-likeness (QED) is 0.568. The highest BCUT2D eigenvalue weighted by Gasteiger charge is 2.27. The number of amides is 1. The van der Waals surface area contributed by atoms with Gasteiger partial charge in [-0.15, -0.1) is 0 Å². The average molecular weight is 415 g/mol. The second-order valence-electron chi connectivity index (χ2n) is 6.05. The van der Waals surface area contributed by atoms with Gasteiger partial charge in [0.2, 0.25) is 17.6 Å². The molecule has 150 valence electrons. The standard InChI is InChI=1S/C19H18FN5O3S/c1-10(18(22)27)25(13-5-3-12(20)4-6-13)19-24-17(21)16(29-19)15(26)11-7-8-23-14(9-11)28-2/h3-10H,21H2,1-2H3,(H2,22,27). The smallest absolute Gasteiger partial charge is 0.240 e. The Morgan fingerprint density at radius 3 is 2.55 bits per heavy atom. The van der Waals surface area contributed by atoms with Gasteiger partial charge in [-0.25, -0.2) is 14.4 Å². The number of ketones is 1. The van der Waals surface area contributed by atoms with E-state index < -0.39 is 17.8 Å². The predicted molar refractivity (Wildman–Crippen MR) is 108 cm³/mol. The molecule has 0 saturated heterocycles. The van der Waals surface area contributed by atoms with Crippen LogP contribution in [0.4, 0.5) is 21.0 Å². The number of primary amides is 1. The number of methoxy groups -OCH3 is 1. The summed E-state index contributed by atoms with van der Waals surface area (Å²) in [5.41, 5.74) is 12.3. The van der Waals surface area contributed by atoms with Crippen LogP contribution in [-0.4, -0.2) is 34.8 Å². The van der Waals surface area contributed by atoms with Crippen molar-refractivity contribution >= 4 is 39.7 Å². The van der Waals surface area contributed by atoms with Crippen molar-refractivity contribution in [2.45, 2.75) is 13.0 Å². The second-order valence-corrected chi connectivity index (χ2v) is 7.03. The Bertz CT molecular complexity index is 1050. The zero-order valence-electron chi connectivity index (χ0n) is 15.6. The number of halogens is 1. The minimum Gasteiger partial charge on any atom is -0.481 e. The molecule has 3 aromatic rings. The lowest BCUT2D eigenvalue weighted by atomic mass is 10.1.